The zero-order chi connectivity index (χ0) is 20.3. The highest BCUT2D eigenvalue weighted by molar-refractivity contribution is 7.80. The topological polar surface area (TPSA) is 89.3 Å². The Balaban J connectivity index is 1.38. The molecule has 29 heavy (non-hydrogen) atoms. The second-order valence-electron chi connectivity index (χ2n) is 6.44. The molecule has 0 amide bonds. The molecule has 1 saturated heterocycles. The number of morpholine rings is 1. The molecule has 1 fully saturated rings. The van der Waals surface area contributed by atoms with E-state index in [0.29, 0.717) is 16.4 Å². The molecule has 0 saturated carbocycles. The molecule has 0 radical (unpaired) electrons. The van der Waals surface area contributed by atoms with Crippen LogP contribution in [0.5, 0.6) is 5.75 Å². The third-order valence-electron chi connectivity index (χ3n) is 4.33. The van der Waals surface area contributed by atoms with Crippen LogP contribution in [0.15, 0.2) is 53.9 Å². The lowest BCUT2D eigenvalue weighted by Crippen LogP contribution is -3.14. The van der Waals surface area contributed by atoms with Crippen molar-refractivity contribution >= 4 is 29.5 Å². The van der Waals surface area contributed by atoms with Crippen molar-refractivity contribution in [3.63, 3.8) is 0 Å². The lowest BCUT2D eigenvalue weighted by atomic mass is 10.2. The second kappa shape index (κ2) is 11.2. The van der Waals surface area contributed by atoms with Crippen molar-refractivity contribution in [2.75, 3.05) is 39.4 Å². The van der Waals surface area contributed by atoms with Crippen LogP contribution in [0.1, 0.15) is 15.9 Å². The van der Waals surface area contributed by atoms with E-state index in [1.807, 2.05) is 0 Å². The van der Waals surface area contributed by atoms with Gasteiger partial charge in [-0.2, -0.15) is 5.10 Å². The molecule has 1 aliphatic heterocycles. The maximum absolute atomic E-state index is 12.0. The average molecular weight is 415 g/mol. The summed E-state index contributed by atoms with van der Waals surface area (Å²) in [5, 5.41) is 7.75. The van der Waals surface area contributed by atoms with Crippen LogP contribution in [0.4, 0.5) is 0 Å². The molecule has 9 heteroatoms. The molecule has 0 bridgehead atoms. The smallest absolute Gasteiger partial charge is 0.345 e. The molecule has 1 aromatic heterocycles. The standard InChI is InChI=1S/C20H23N5O3S/c26-19(17-2-1-7-21-15-17)28-18-5-3-16(4-6-18)14-23-24-20(29)22-8-9-25-10-12-27-13-11-25/h1-7,14-15H,8-13H2,(H2,22,24,29)/p+1/b23-14-. The highest BCUT2D eigenvalue weighted by Crippen LogP contribution is 2.13. The number of aromatic nitrogens is 1. The largest absolute Gasteiger partial charge is 0.423 e. The van der Waals surface area contributed by atoms with Crippen LogP contribution in [0, 0.1) is 0 Å². The van der Waals surface area contributed by atoms with E-state index in [2.05, 4.69) is 20.8 Å². The Labute approximate surface area is 174 Å². The highest BCUT2D eigenvalue weighted by Gasteiger charge is 2.12. The fourth-order valence-corrected chi connectivity index (χ4v) is 2.89. The number of hydrogen-bond donors (Lipinski definition) is 3. The molecule has 0 aliphatic carbocycles. The summed E-state index contributed by atoms with van der Waals surface area (Å²) in [5.41, 5.74) is 4.05. The molecule has 1 aliphatic rings. The van der Waals surface area contributed by atoms with Gasteiger partial charge in [0.15, 0.2) is 5.11 Å². The fourth-order valence-electron chi connectivity index (χ4n) is 2.74. The van der Waals surface area contributed by atoms with Gasteiger partial charge in [-0.1, -0.05) is 0 Å². The number of rotatable bonds is 7. The number of pyridine rings is 1. The van der Waals surface area contributed by atoms with E-state index in [0.717, 1.165) is 45.0 Å². The predicted octanol–water partition coefficient (Wildman–Crippen LogP) is 0.0139. The Morgan fingerprint density at radius 1 is 1.28 bits per heavy atom. The molecule has 0 atom stereocenters. The van der Waals surface area contributed by atoms with Crippen molar-refractivity contribution < 1.29 is 19.2 Å². The van der Waals surface area contributed by atoms with E-state index >= 15 is 0 Å². The van der Waals surface area contributed by atoms with E-state index < -0.39 is 5.97 Å². The van der Waals surface area contributed by atoms with Crippen LogP contribution in [-0.4, -0.2) is 61.7 Å². The Morgan fingerprint density at radius 3 is 2.79 bits per heavy atom. The Hall–Kier alpha value is -2.88. The first-order valence-corrected chi connectivity index (χ1v) is 9.82. The zero-order valence-corrected chi connectivity index (χ0v) is 16.8. The molecular formula is C20H24N5O3S+. The van der Waals surface area contributed by atoms with Gasteiger partial charge in [0.1, 0.15) is 18.8 Å². The third kappa shape index (κ3) is 7.22. The number of quaternary nitrogens is 1. The highest BCUT2D eigenvalue weighted by atomic mass is 32.1. The number of hydrogen-bond acceptors (Lipinski definition) is 6. The van der Waals surface area contributed by atoms with E-state index in [9.17, 15) is 4.79 Å². The molecule has 1 aromatic carbocycles. The predicted molar refractivity (Wildman–Crippen MR) is 113 cm³/mol. The SMILES string of the molecule is O=C(Oc1ccc(/C=N\NC(=S)NCC[NH+]2CCOCC2)cc1)c1cccnc1. The van der Waals surface area contributed by atoms with Crippen LogP contribution in [-0.2, 0) is 4.74 Å². The monoisotopic (exact) mass is 414 g/mol. The quantitative estimate of drug-likeness (QED) is 0.193. The van der Waals surface area contributed by atoms with E-state index in [4.69, 9.17) is 21.7 Å². The number of nitrogens with zero attached hydrogens (tertiary/aromatic N) is 2. The third-order valence-corrected chi connectivity index (χ3v) is 4.57. The van der Waals surface area contributed by atoms with Crippen molar-refractivity contribution in [3.05, 3.63) is 59.9 Å². The molecular weight excluding hydrogens is 390 g/mol. The Bertz CT molecular complexity index is 824. The van der Waals surface area contributed by atoms with E-state index in [-0.39, 0.29) is 0 Å². The van der Waals surface area contributed by atoms with Gasteiger partial charge in [0.2, 0.25) is 0 Å². The summed E-state index contributed by atoms with van der Waals surface area (Å²) in [5.74, 6) is 0.00304. The van der Waals surface area contributed by atoms with Crippen LogP contribution < -0.4 is 20.4 Å². The number of carbonyl (C=O) groups excluding carboxylic acids is 1. The number of nitrogens with one attached hydrogen (secondary N) is 3. The van der Waals surface area contributed by atoms with Gasteiger partial charge in [0, 0.05) is 12.4 Å². The van der Waals surface area contributed by atoms with Crippen molar-refractivity contribution in [1.82, 2.24) is 15.7 Å². The molecule has 3 rings (SSSR count). The number of benzene rings is 1. The van der Waals surface area contributed by atoms with Gasteiger partial charge in [-0.05, 0) is 54.2 Å². The first-order valence-electron chi connectivity index (χ1n) is 9.41. The summed E-state index contributed by atoms with van der Waals surface area (Å²) in [6.07, 6.45) is 4.72. The number of thiocarbonyl (C=S) groups is 1. The fraction of sp³-hybridized carbons (Fsp3) is 0.300. The molecule has 2 heterocycles. The van der Waals surface area contributed by atoms with E-state index in [1.165, 1.54) is 11.1 Å². The number of ether oxygens (including phenoxy) is 2. The van der Waals surface area contributed by atoms with Crippen molar-refractivity contribution in [1.29, 1.82) is 0 Å². The summed E-state index contributed by atoms with van der Waals surface area (Å²) in [4.78, 5) is 17.4. The van der Waals surface area contributed by atoms with Crippen LogP contribution in [0.2, 0.25) is 0 Å². The van der Waals surface area contributed by atoms with Crippen molar-refractivity contribution in [2.45, 2.75) is 0 Å². The van der Waals surface area contributed by atoms with Crippen molar-refractivity contribution in [2.24, 2.45) is 5.10 Å². The van der Waals surface area contributed by atoms with Gasteiger partial charge in [-0.15, -0.1) is 0 Å². The molecule has 0 unspecified atom stereocenters. The second-order valence-corrected chi connectivity index (χ2v) is 6.85. The summed E-state index contributed by atoms with van der Waals surface area (Å²) >= 11 is 5.22. The minimum Gasteiger partial charge on any atom is -0.423 e. The van der Waals surface area contributed by atoms with Gasteiger partial charge >= 0.3 is 5.97 Å². The molecule has 3 N–H and O–H groups in total. The molecule has 0 spiro atoms. The first-order chi connectivity index (χ1) is 14.2. The van der Waals surface area contributed by atoms with Crippen LogP contribution >= 0.6 is 12.2 Å². The summed E-state index contributed by atoms with van der Waals surface area (Å²) < 4.78 is 10.7. The summed E-state index contributed by atoms with van der Waals surface area (Å²) in [6, 6.07) is 10.4. The number of hydrazone groups is 1. The lowest BCUT2D eigenvalue weighted by molar-refractivity contribution is -0.906. The maximum Gasteiger partial charge on any atom is 0.345 e. The Kier molecular flexibility index (Phi) is 8.05. The minimum atomic E-state index is -0.448. The van der Waals surface area contributed by atoms with Crippen LogP contribution in [0.25, 0.3) is 0 Å². The maximum atomic E-state index is 12.0. The van der Waals surface area contributed by atoms with E-state index in [1.54, 1.807) is 48.8 Å². The molecule has 8 nitrogen and oxygen atoms in total. The van der Waals surface area contributed by atoms with Crippen molar-refractivity contribution in [3.8, 4) is 5.75 Å². The molecule has 2 aromatic rings. The summed E-state index contributed by atoms with van der Waals surface area (Å²) in [7, 11) is 0. The zero-order valence-electron chi connectivity index (χ0n) is 16.0. The number of esters is 1. The molecule has 152 valence electrons. The van der Waals surface area contributed by atoms with Gasteiger partial charge in [0.25, 0.3) is 0 Å². The first kappa shape index (κ1) is 20.8. The Morgan fingerprint density at radius 2 is 2.07 bits per heavy atom. The minimum absolute atomic E-state index is 0.401. The lowest BCUT2D eigenvalue weighted by Gasteiger charge is -2.23. The van der Waals surface area contributed by atoms with Gasteiger partial charge < -0.3 is 19.7 Å². The average Bonchev–Trinajstić information content (AvgIpc) is 2.76. The normalized spacial score (nSPS) is 14.5. The van der Waals surface area contributed by atoms with Crippen LogP contribution in [0.3, 0.4) is 0 Å². The number of carbonyl (C=O) groups is 1. The van der Waals surface area contributed by atoms with Gasteiger partial charge in [0.05, 0.1) is 38.1 Å². The summed E-state index contributed by atoms with van der Waals surface area (Å²) in [6.45, 7) is 5.50. The van der Waals surface area contributed by atoms with Gasteiger partial charge in [-0.25, -0.2) is 4.79 Å². The van der Waals surface area contributed by atoms with Gasteiger partial charge in [-0.3, -0.25) is 10.4 Å².